The first-order valence-electron chi connectivity index (χ1n) is 5.60. The van der Waals surface area contributed by atoms with E-state index in [-0.39, 0.29) is 11.5 Å². The van der Waals surface area contributed by atoms with Crippen LogP contribution in [0.2, 0.25) is 5.02 Å². The van der Waals surface area contributed by atoms with Crippen LogP contribution < -0.4 is 0 Å². The molecule has 2 N–H and O–H groups in total. The Morgan fingerprint density at radius 3 is 2.89 bits per heavy atom. The summed E-state index contributed by atoms with van der Waals surface area (Å²) in [6.07, 6.45) is 2.86. The van der Waals surface area contributed by atoms with E-state index in [4.69, 9.17) is 16.7 Å². The van der Waals surface area contributed by atoms with Crippen molar-refractivity contribution in [2.45, 2.75) is 17.9 Å². The average molecular weight is 304 g/mol. The Kier molecular flexibility index (Phi) is 3.82. The van der Waals surface area contributed by atoms with E-state index in [1.165, 1.54) is 25.5 Å². The highest BCUT2D eigenvalue weighted by molar-refractivity contribution is 7.89. The van der Waals surface area contributed by atoms with Crippen LogP contribution in [0.4, 0.5) is 0 Å². The van der Waals surface area contributed by atoms with Gasteiger partial charge in [0.2, 0.25) is 10.0 Å². The van der Waals surface area contributed by atoms with Crippen molar-refractivity contribution < 1.29 is 13.5 Å². The molecule has 0 aliphatic heterocycles. The molecule has 0 fully saturated rings. The van der Waals surface area contributed by atoms with Crippen LogP contribution in [0, 0.1) is 0 Å². The second-order valence-corrected chi connectivity index (χ2v) is 6.60. The van der Waals surface area contributed by atoms with Crippen LogP contribution in [0.25, 0.3) is 11.0 Å². The number of fused-ring (bicyclic) bond motifs is 1. The summed E-state index contributed by atoms with van der Waals surface area (Å²) in [5.74, 6) is 0. The van der Waals surface area contributed by atoms with Gasteiger partial charge in [-0.25, -0.2) is 13.4 Å². The molecule has 2 aromatic heterocycles. The van der Waals surface area contributed by atoms with Crippen LogP contribution in [0.1, 0.15) is 6.92 Å². The van der Waals surface area contributed by atoms with Crippen LogP contribution >= 0.6 is 11.6 Å². The van der Waals surface area contributed by atoms with E-state index in [1.54, 1.807) is 6.92 Å². The maximum atomic E-state index is 12.5. The minimum Gasteiger partial charge on any atom is -0.395 e. The Labute approximate surface area is 116 Å². The number of aliphatic hydroxyl groups is 1. The molecular weight excluding hydrogens is 290 g/mol. The van der Waals surface area contributed by atoms with E-state index < -0.39 is 16.1 Å². The number of nitrogens with zero attached hydrogens (tertiary/aromatic N) is 2. The maximum Gasteiger partial charge on any atom is 0.245 e. The van der Waals surface area contributed by atoms with Gasteiger partial charge in [-0.2, -0.15) is 4.31 Å². The Bertz CT molecular complexity index is 698. The van der Waals surface area contributed by atoms with Crippen molar-refractivity contribution in [2.24, 2.45) is 0 Å². The monoisotopic (exact) mass is 303 g/mol. The Morgan fingerprint density at radius 1 is 1.58 bits per heavy atom. The summed E-state index contributed by atoms with van der Waals surface area (Å²) in [5, 5.41) is 9.76. The minimum absolute atomic E-state index is 0.0587. The third kappa shape index (κ3) is 2.34. The predicted octanol–water partition coefficient (Wildman–Crippen LogP) is 1.22. The predicted molar refractivity (Wildman–Crippen MR) is 72.6 cm³/mol. The maximum absolute atomic E-state index is 12.5. The molecule has 19 heavy (non-hydrogen) atoms. The van der Waals surface area contributed by atoms with Gasteiger partial charge in [0.05, 0.1) is 17.0 Å². The zero-order chi connectivity index (χ0) is 14.2. The molecule has 2 aromatic rings. The van der Waals surface area contributed by atoms with Gasteiger partial charge in [-0.3, -0.25) is 0 Å². The van der Waals surface area contributed by atoms with Gasteiger partial charge in [-0.1, -0.05) is 11.6 Å². The summed E-state index contributed by atoms with van der Waals surface area (Å²) in [4.78, 5) is 6.87. The van der Waals surface area contributed by atoms with Gasteiger partial charge in [-0.15, -0.1) is 0 Å². The lowest BCUT2D eigenvalue weighted by atomic mass is 10.3. The molecule has 0 spiro atoms. The number of pyridine rings is 1. The van der Waals surface area contributed by atoms with Crippen LogP contribution in [0.5, 0.6) is 0 Å². The van der Waals surface area contributed by atoms with Gasteiger partial charge in [0.1, 0.15) is 10.5 Å². The van der Waals surface area contributed by atoms with E-state index in [1.807, 2.05) is 0 Å². The van der Waals surface area contributed by atoms with E-state index in [9.17, 15) is 8.42 Å². The zero-order valence-corrected chi connectivity index (χ0v) is 12.0. The standard InChI is InChI=1S/C11H14ClN3O3S/c1-7(6-16)15(2)19(17,18)9-5-14-11-10(9)8(12)3-4-13-11/h3-5,7,16H,6H2,1-2H3,(H,13,14). The third-order valence-corrected chi connectivity index (χ3v) is 5.34. The van der Waals surface area contributed by atoms with Crippen molar-refractivity contribution in [3.63, 3.8) is 0 Å². The fourth-order valence-corrected chi connectivity index (χ4v) is 3.53. The number of aromatic amines is 1. The first kappa shape index (κ1) is 14.3. The molecule has 1 atom stereocenters. The molecule has 104 valence electrons. The molecule has 0 saturated carbocycles. The SMILES string of the molecule is CC(CO)N(C)S(=O)(=O)c1c[nH]c2nccc(Cl)c12. The normalized spacial score (nSPS) is 14.2. The van der Waals surface area contributed by atoms with Crippen molar-refractivity contribution in [3.05, 3.63) is 23.5 Å². The summed E-state index contributed by atoms with van der Waals surface area (Å²) >= 11 is 6.04. The van der Waals surface area contributed by atoms with Crippen LogP contribution in [-0.4, -0.2) is 47.5 Å². The van der Waals surface area contributed by atoms with Gasteiger partial charge in [0.15, 0.2) is 0 Å². The molecule has 6 nitrogen and oxygen atoms in total. The summed E-state index contributed by atoms with van der Waals surface area (Å²) < 4.78 is 26.0. The van der Waals surface area contributed by atoms with Crippen molar-refractivity contribution in [1.82, 2.24) is 14.3 Å². The minimum atomic E-state index is -3.74. The molecule has 0 saturated heterocycles. The zero-order valence-electron chi connectivity index (χ0n) is 10.5. The van der Waals surface area contributed by atoms with Crippen LogP contribution in [0.15, 0.2) is 23.4 Å². The molecule has 0 amide bonds. The van der Waals surface area contributed by atoms with Gasteiger partial charge in [-0.05, 0) is 13.0 Å². The lowest BCUT2D eigenvalue weighted by Gasteiger charge is -2.22. The highest BCUT2D eigenvalue weighted by atomic mass is 35.5. The highest BCUT2D eigenvalue weighted by Gasteiger charge is 2.28. The first-order valence-corrected chi connectivity index (χ1v) is 7.42. The Morgan fingerprint density at radius 2 is 2.26 bits per heavy atom. The number of H-pyrrole nitrogens is 1. The first-order chi connectivity index (χ1) is 8.89. The average Bonchev–Trinajstić information content (AvgIpc) is 2.83. The number of hydrogen-bond donors (Lipinski definition) is 2. The molecule has 2 heterocycles. The Balaban J connectivity index is 2.62. The molecule has 1 unspecified atom stereocenters. The number of halogens is 1. The van der Waals surface area contributed by atoms with Crippen LogP contribution in [0.3, 0.4) is 0 Å². The molecule has 0 aliphatic carbocycles. The molecule has 0 bridgehead atoms. The quantitative estimate of drug-likeness (QED) is 0.889. The van der Waals surface area contributed by atoms with Gasteiger partial charge >= 0.3 is 0 Å². The van der Waals surface area contributed by atoms with E-state index in [2.05, 4.69) is 9.97 Å². The molecular formula is C11H14ClN3O3S. The molecule has 0 aliphatic rings. The smallest absolute Gasteiger partial charge is 0.245 e. The van der Waals surface area contributed by atoms with Gasteiger partial charge in [0.25, 0.3) is 0 Å². The molecule has 0 radical (unpaired) electrons. The summed E-state index contributed by atoms with van der Waals surface area (Å²) in [6.45, 7) is 1.36. The van der Waals surface area contributed by atoms with Crippen molar-refractivity contribution in [1.29, 1.82) is 0 Å². The van der Waals surface area contributed by atoms with E-state index >= 15 is 0 Å². The second-order valence-electron chi connectivity index (χ2n) is 4.22. The third-order valence-electron chi connectivity index (χ3n) is 3.03. The lowest BCUT2D eigenvalue weighted by molar-refractivity contribution is 0.214. The largest absolute Gasteiger partial charge is 0.395 e. The summed E-state index contributed by atoms with van der Waals surface area (Å²) in [7, 11) is -2.32. The topological polar surface area (TPSA) is 86.3 Å². The second kappa shape index (κ2) is 5.09. The summed E-state index contributed by atoms with van der Waals surface area (Å²) in [6, 6.07) is 1.01. The molecule has 8 heteroatoms. The number of sulfonamides is 1. The number of hydrogen-bond acceptors (Lipinski definition) is 4. The van der Waals surface area contributed by atoms with E-state index in [0.717, 1.165) is 4.31 Å². The number of likely N-dealkylation sites (N-methyl/N-ethyl adjacent to an activating group) is 1. The van der Waals surface area contributed by atoms with Gasteiger partial charge in [0, 0.05) is 25.5 Å². The van der Waals surface area contributed by atoms with Crippen LogP contribution in [-0.2, 0) is 10.0 Å². The summed E-state index contributed by atoms with van der Waals surface area (Å²) in [5.41, 5.74) is 0.413. The van der Waals surface area contributed by atoms with Crippen molar-refractivity contribution in [3.8, 4) is 0 Å². The highest BCUT2D eigenvalue weighted by Crippen LogP contribution is 2.30. The number of nitrogens with one attached hydrogen (secondary N) is 1. The Hall–Kier alpha value is -1.15. The van der Waals surface area contributed by atoms with E-state index in [0.29, 0.717) is 16.1 Å². The fraction of sp³-hybridized carbons (Fsp3) is 0.364. The number of rotatable bonds is 4. The molecule has 2 rings (SSSR count). The molecule has 0 aromatic carbocycles. The number of aliphatic hydroxyl groups excluding tert-OH is 1. The van der Waals surface area contributed by atoms with Crippen molar-refractivity contribution in [2.75, 3.05) is 13.7 Å². The lowest BCUT2D eigenvalue weighted by Crippen LogP contribution is -2.37. The van der Waals surface area contributed by atoms with Crippen molar-refractivity contribution >= 4 is 32.7 Å². The fourth-order valence-electron chi connectivity index (χ4n) is 1.70. The van der Waals surface area contributed by atoms with Gasteiger partial charge < -0.3 is 10.1 Å². The number of aromatic nitrogens is 2.